The van der Waals surface area contributed by atoms with Gasteiger partial charge in [0, 0.05) is 18.4 Å². The van der Waals surface area contributed by atoms with Crippen LogP contribution in [0.4, 0.5) is 0 Å². The average molecular weight is 232 g/mol. The molecule has 0 bridgehead atoms. The number of hydrogen-bond acceptors (Lipinski definition) is 4. The third-order valence-corrected chi connectivity index (χ3v) is 3.30. The molecule has 0 saturated carbocycles. The molecule has 3 N–H and O–H groups in total. The topological polar surface area (TPSA) is 61.4 Å². The predicted octanol–water partition coefficient (Wildman–Crippen LogP) is -0.0314. The Balaban J connectivity index is 2.31. The fraction of sp³-hybridized carbons (Fsp3) is 0.900. The second-order valence-electron chi connectivity index (χ2n) is 3.82. The Kier molecular flexibility index (Phi) is 6.05. The normalized spacial score (nSPS) is 22.7. The van der Waals surface area contributed by atoms with E-state index in [2.05, 4.69) is 10.6 Å². The molecule has 1 fully saturated rings. The smallest absolute Gasteiger partial charge is 0.237 e. The van der Waals surface area contributed by atoms with Crippen molar-refractivity contribution in [1.82, 2.24) is 10.6 Å². The second kappa shape index (κ2) is 7.09. The molecular formula is C10H20N2O2S. The highest BCUT2D eigenvalue weighted by molar-refractivity contribution is 7.98. The summed E-state index contributed by atoms with van der Waals surface area (Å²) in [6.07, 6.45) is 4.64. The van der Waals surface area contributed by atoms with Crippen LogP contribution in [0.2, 0.25) is 0 Å². The van der Waals surface area contributed by atoms with Crippen molar-refractivity contribution in [3.8, 4) is 0 Å². The van der Waals surface area contributed by atoms with Crippen molar-refractivity contribution < 1.29 is 9.90 Å². The maximum atomic E-state index is 11.7. The van der Waals surface area contributed by atoms with Crippen LogP contribution < -0.4 is 10.6 Å². The number of carbonyl (C=O) groups excluding carboxylic acids is 1. The van der Waals surface area contributed by atoms with E-state index in [4.69, 9.17) is 5.11 Å². The van der Waals surface area contributed by atoms with Gasteiger partial charge in [-0.25, -0.2) is 0 Å². The summed E-state index contributed by atoms with van der Waals surface area (Å²) in [6.45, 7) is 1.06. The minimum Gasteiger partial charge on any atom is -0.396 e. The van der Waals surface area contributed by atoms with Crippen LogP contribution >= 0.6 is 11.8 Å². The largest absolute Gasteiger partial charge is 0.396 e. The molecule has 0 radical (unpaired) electrons. The molecule has 4 nitrogen and oxygen atoms in total. The highest BCUT2D eigenvalue weighted by Crippen LogP contribution is 2.07. The Morgan fingerprint density at radius 2 is 2.53 bits per heavy atom. The van der Waals surface area contributed by atoms with Crippen molar-refractivity contribution in [3.63, 3.8) is 0 Å². The highest BCUT2D eigenvalue weighted by atomic mass is 32.2. The standard InChI is InChI=1S/C10H20N2O2S/c1-15-7-8(4-6-13)12-10(14)9-3-2-5-11-9/h8-9,11,13H,2-7H2,1H3,(H,12,14). The van der Waals surface area contributed by atoms with Gasteiger partial charge in [0.05, 0.1) is 6.04 Å². The Morgan fingerprint density at radius 1 is 1.73 bits per heavy atom. The van der Waals surface area contributed by atoms with Crippen molar-refractivity contribution in [3.05, 3.63) is 0 Å². The van der Waals surface area contributed by atoms with E-state index < -0.39 is 0 Å². The Hall–Kier alpha value is -0.260. The van der Waals surface area contributed by atoms with Gasteiger partial charge >= 0.3 is 0 Å². The van der Waals surface area contributed by atoms with Crippen molar-refractivity contribution in [2.24, 2.45) is 0 Å². The zero-order chi connectivity index (χ0) is 11.1. The first-order chi connectivity index (χ1) is 7.27. The van der Waals surface area contributed by atoms with E-state index in [1.165, 1.54) is 0 Å². The van der Waals surface area contributed by atoms with E-state index in [9.17, 15) is 4.79 Å². The number of hydrogen-bond donors (Lipinski definition) is 3. The SMILES string of the molecule is CSCC(CCO)NC(=O)C1CCCN1. The zero-order valence-corrected chi connectivity index (χ0v) is 9.98. The fourth-order valence-corrected chi connectivity index (χ4v) is 2.42. The van der Waals surface area contributed by atoms with Gasteiger partial charge in [-0.1, -0.05) is 0 Å². The van der Waals surface area contributed by atoms with Gasteiger partial charge in [0.1, 0.15) is 0 Å². The lowest BCUT2D eigenvalue weighted by atomic mass is 10.2. The monoisotopic (exact) mass is 232 g/mol. The number of nitrogens with one attached hydrogen (secondary N) is 2. The molecule has 1 aliphatic rings. The van der Waals surface area contributed by atoms with E-state index in [1.54, 1.807) is 11.8 Å². The van der Waals surface area contributed by atoms with Gasteiger partial charge in [-0.3, -0.25) is 4.79 Å². The van der Waals surface area contributed by atoms with Crippen LogP contribution in [0.5, 0.6) is 0 Å². The maximum Gasteiger partial charge on any atom is 0.237 e. The third kappa shape index (κ3) is 4.40. The molecule has 2 atom stereocenters. The summed E-state index contributed by atoms with van der Waals surface area (Å²) >= 11 is 1.69. The van der Waals surface area contributed by atoms with Gasteiger partial charge in [-0.15, -0.1) is 0 Å². The van der Waals surface area contributed by atoms with Crippen molar-refractivity contribution in [2.45, 2.75) is 31.3 Å². The van der Waals surface area contributed by atoms with Crippen molar-refractivity contribution in [1.29, 1.82) is 0 Å². The van der Waals surface area contributed by atoms with E-state index >= 15 is 0 Å². The highest BCUT2D eigenvalue weighted by Gasteiger charge is 2.23. The predicted molar refractivity (Wildman–Crippen MR) is 63.0 cm³/mol. The van der Waals surface area contributed by atoms with Crippen LogP contribution in [0, 0.1) is 0 Å². The Labute approximate surface area is 95.2 Å². The summed E-state index contributed by atoms with van der Waals surface area (Å²) in [4.78, 5) is 11.7. The lowest BCUT2D eigenvalue weighted by Gasteiger charge is -2.19. The van der Waals surface area contributed by atoms with Crippen LogP contribution in [0.15, 0.2) is 0 Å². The summed E-state index contributed by atoms with van der Waals surface area (Å²) in [5.41, 5.74) is 0. The van der Waals surface area contributed by atoms with Crippen LogP contribution in [-0.4, -0.2) is 48.3 Å². The molecule has 5 heteroatoms. The molecule has 15 heavy (non-hydrogen) atoms. The molecule has 0 aromatic heterocycles. The summed E-state index contributed by atoms with van der Waals surface area (Å²) < 4.78 is 0. The lowest BCUT2D eigenvalue weighted by molar-refractivity contribution is -0.123. The van der Waals surface area contributed by atoms with Gasteiger partial charge < -0.3 is 15.7 Å². The summed E-state index contributed by atoms with van der Waals surface area (Å²) in [6, 6.07) is 0.0768. The molecule has 1 rings (SSSR count). The zero-order valence-electron chi connectivity index (χ0n) is 9.16. The Bertz CT molecular complexity index is 190. The molecule has 0 aromatic carbocycles. The number of carbonyl (C=O) groups is 1. The number of aliphatic hydroxyl groups is 1. The molecule has 1 aliphatic heterocycles. The summed E-state index contributed by atoms with van der Waals surface area (Å²) in [7, 11) is 0. The first kappa shape index (κ1) is 12.8. The lowest BCUT2D eigenvalue weighted by Crippen LogP contribution is -2.46. The quantitative estimate of drug-likeness (QED) is 0.602. The third-order valence-electron chi connectivity index (χ3n) is 2.57. The van der Waals surface area contributed by atoms with Gasteiger partial charge in [0.25, 0.3) is 0 Å². The van der Waals surface area contributed by atoms with Crippen LogP contribution in [-0.2, 0) is 4.79 Å². The Morgan fingerprint density at radius 3 is 3.07 bits per heavy atom. The van der Waals surface area contributed by atoms with Crippen molar-refractivity contribution >= 4 is 17.7 Å². The summed E-state index contributed by atoms with van der Waals surface area (Å²) in [5.74, 6) is 0.943. The molecule has 0 aliphatic carbocycles. The maximum absolute atomic E-state index is 11.7. The minimum absolute atomic E-state index is 0.0203. The molecule has 1 heterocycles. The van der Waals surface area contributed by atoms with Gasteiger partial charge in [-0.05, 0) is 32.1 Å². The van der Waals surface area contributed by atoms with Crippen LogP contribution in [0.25, 0.3) is 0 Å². The molecule has 0 aromatic rings. The average Bonchev–Trinajstić information content (AvgIpc) is 2.71. The number of amides is 1. The van der Waals surface area contributed by atoms with Crippen LogP contribution in [0.3, 0.4) is 0 Å². The van der Waals surface area contributed by atoms with E-state index in [1.807, 2.05) is 6.26 Å². The molecular weight excluding hydrogens is 212 g/mol. The summed E-state index contributed by atoms with van der Waals surface area (Å²) in [5, 5.41) is 15.0. The number of thioether (sulfide) groups is 1. The fourth-order valence-electron chi connectivity index (χ4n) is 1.76. The first-order valence-electron chi connectivity index (χ1n) is 5.41. The molecule has 0 spiro atoms. The molecule has 1 saturated heterocycles. The van der Waals surface area contributed by atoms with Gasteiger partial charge in [-0.2, -0.15) is 11.8 Å². The van der Waals surface area contributed by atoms with E-state index in [0.29, 0.717) is 6.42 Å². The second-order valence-corrected chi connectivity index (χ2v) is 4.73. The van der Waals surface area contributed by atoms with E-state index in [0.717, 1.165) is 25.1 Å². The van der Waals surface area contributed by atoms with Gasteiger partial charge in [0.15, 0.2) is 0 Å². The van der Waals surface area contributed by atoms with Crippen molar-refractivity contribution in [2.75, 3.05) is 25.2 Å². The molecule has 2 unspecified atom stereocenters. The van der Waals surface area contributed by atoms with Gasteiger partial charge in [0.2, 0.25) is 5.91 Å². The van der Waals surface area contributed by atoms with Crippen LogP contribution in [0.1, 0.15) is 19.3 Å². The van der Waals surface area contributed by atoms with E-state index in [-0.39, 0.29) is 24.6 Å². The molecule has 88 valence electrons. The first-order valence-corrected chi connectivity index (χ1v) is 6.81. The number of aliphatic hydroxyl groups excluding tert-OH is 1. The minimum atomic E-state index is -0.0203. The molecule has 1 amide bonds. The number of rotatable bonds is 6.